The van der Waals surface area contributed by atoms with E-state index in [0.717, 1.165) is 24.3 Å². The van der Waals surface area contributed by atoms with E-state index in [-0.39, 0.29) is 0 Å². The third-order valence-electron chi connectivity index (χ3n) is 3.44. The third kappa shape index (κ3) is 3.93. The number of nitrogen functional groups attached to an aromatic ring is 1. The monoisotopic (exact) mass is 335 g/mol. The Balaban J connectivity index is 2.17. The van der Waals surface area contributed by atoms with E-state index in [2.05, 4.69) is 35.9 Å². The molecule has 2 aromatic rings. The maximum absolute atomic E-state index is 6.01. The van der Waals surface area contributed by atoms with Crippen molar-refractivity contribution in [1.29, 1.82) is 0 Å². The minimum Gasteiger partial charge on any atom is -0.396 e. The Kier molecular flexibility index (Phi) is 5.69. The first-order valence-corrected chi connectivity index (χ1v) is 7.94. The predicted octanol–water partition coefficient (Wildman–Crippen LogP) is 5.17. The molecule has 116 valence electrons. The largest absolute Gasteiger partial charge is 0.396 e. The molecule has 0 aliphatic carbocycles. The molecule has 0 unspecified atom stereocenters. The lowest BCUT2D eigenvalue weighted by Crippen LogP contribution is -2.21. The zero-order chi connectivity index (χ0) is 16.1. The molecular formula is C17H19Cl2N3. The van der Waals surface area contributed by atoms with E-state index >= 15 is 0 Å². The van der Waals surface area contributed by atoms with Gasteiger partial charge >= 0.3 is 0 Å². The second-order valence-corrected chi connectivity index (χ2v) is 5.66. The summed E-state index contributed by atoms with van der Waals surface area (Å²) in [6.07, 6.45) is 1.73. The van der Waals surface area contributed by atoms with Crippen LogP contribution in [0.3, 0.4) is 0 Å². The Labute approximate surface area is 141 Å². The van der Waals surface area contributed by atoms with Crippen molar-refractivity contribution in [3.05, 3.63) is 52.0 Å². The summed E-state index contributed by atoms with van der Waals surface area (Å²) in [5.74, 6) is 0. The standard InChI is InChI=1S/C17H19Cl2N3/c1-3-22(4-2)14-7-5-13(6-8-14)21-11-12-9-15(18)17(20)16(19)10-12/h5-11H,3-4,20H2,1-2H3. The summed E-state index contributed by atoms with van der Waals surface area (Å²) < 4.78 is 0. The molecule has 22 heavy (non-hydrogen) atoms. The lowest BCUT2D eigenvalue weighted by Gasteiger charge is -2.20. The number of nitrogens with two attached hydrogens (primary N) is 1. The molecule has 3 nitrogen and oxygen atoms in total. The third-order valence-corrected chi connectivity index (χ3v) is 4.07. The van der Waals surface area contributed by atoms with Gasteiger partial charge in [0.1, 0.15) is 0 Å². The molecule has 0 heterocycles. The maximum atomic E-state index is 6.01. The van der Waals surface area contributed by atoms with Crippen LogP contribution in [0.1, 0.15) is 19.4 Å². The van der Waals surface area contributed by atoms with Crippen LogP contribution in [0.2, 0.25) is 10.0 Å². The first kappa shape index (κ1) is 16.7. The molecule has 2 aromatic carbocycles. The van der Waals surface area contributed by atoms with Gasteiger partial charge in [-0.25, -0.2) is 0 Å². The zero-order valence-electron chi connectivity index (χ0n) is 12.7. The van der Waals surface area contributed by atoms with Crippen molar-refractivity contribution in [3.63, 3.8) is 0 Å². The van der Waals surface area contributed by atoms with Crippen molar-refractivity contribution in [3.8, 4) is 0 Å². The van der Waals surface area contributed by atoms with Gasteiger partial charge in [-0.2, -0.15) is 0 Å². The minimum absolute atomic E-state index is 0.393. The maximum Gasteiger partial charge on any atom is 0.0693 e. The fraction of sp³-hybridized carbons (Fsp3) is 0.235. The molecule has 0 saturated heterocycles. The lowest BCUT2D eigenvalue weighted by atomic mass is 10.2. The molecule has 0 fully saturated rings. The van der Waals surface area contributed by atoms with Crippen molar-refractivity contribution >= 4 is 46.5 Å². The van der Waals surface area contributed by atoms with Crippen LogP contribution in [0.5, 0.6) is 0 Å². The highest BCUT2D eigenvalue weighted by atomic mass is 35.5. The number of aliphatic imine (C=N–C) groups is 1. The first-order chi connectivity index (χ1) is 10.5. The minimum atomic E-state index is 0.393. The molecule has 0 amide bonds. The number of benzene rings is 2. The van der Waals surface area contributed by atoms with E-state index in [1.165, 1.54) is 5.69 Å². The van der Waals surface area contributed by atoms with Crippen molar-refractivity contribution in [2.75, 3.05) is 23.7 Å². The highest BCUT2D eigenvalue weighted by Gasteiger charge is 2.04. The number of hydrogen-bond acceptors (Lipinski definition) is 3. The summed E-state index contributed by atoms with van der Waals surface area (Å²) in [7, 11) is 0. The Bertz CT molecular complexity index is 639. The molecule has 0 radical (unpaired) electrons. The molecule has 0 aliphatic heterocycles. The van der Waals surface area contributed by atoms with Gasteiger partial charge in [-0.3, -0.25) is 4.99 Å². The van der Waals surface area contributed by atoms with Crippen molar-refractivity contribution in [2.45, 2.75) is 13.8 Å². The number of halogens is 2. The normalized spacial score (nSPS) is 11.1. The second kappa shape index (κ2) is 7.52. The average Bonchev–Trinajstić information content (AvgIpc) is 2.53. The van der Waals surface area contributed by atoms with Crippen molar-refractivity contribution in [2.24, 2.45) is 4.99 Å². The van der Waals surface area contributed by atoms with Gasteiger partial charge in [0.25, 0.3) is 0 Å². The van der Waals surface area contributed by atoms with Gasteiger partial charge in [-0.1, -0.05) is 23.2 Å². The van der Waals surface area contributed by atoms with Crippen LogP contribution >= 0.6 is 23.2 Å². The highest BCUT2D eigenvalue weighted by molar-refractivity contribution is 6.39. The van der Waals surface area contributed by atoms with Crippen LogP contribution in [-0.2, 0) is 0 Å². The van der Waals surface area contributed by atoms with E-state index in [1.807, 2.05) is 12.1 Å². The van der Waals surface area contributed by atoms with Crippen molar-refractivity contribution in [1.82, 2.24) is 0 Å². The summed E-state index contributed by atoms with van der Waals surface area (Å²) in [5, 5.41) is 0.872. The van der Waals surface area contributed by atoms with Crippen LogP contribution in [0.25, 0.3) is 0 Å². The molecule has 0 aliphatic rings. The van der Waals surface area contributed by atoms with Gasteiger partial charge in [0.2, 0.25) is 0 Å². The summed E-state index contributed by atoms with van der Waals surface area (Å²) in [4.78, 5) is 6.72. The SMILES string of the molecule is CCN(CC)c1ccc(N=Cc2cc(Cl)c(N)c(Cl)c2)cc1. The number of anilines is 2. The Morgan fingerprint density at radius 3 is 2.09 bits per heavy atom. The molecular weight excluding hydrogens is 317 g/mol. The van der Waals surface area contributed by atoms with Gasteiger partial charge in [-0.15, -0.1) is 0 Å². The molecule has 0 aromatic heterocycles. The number of nitrogens with zero attached hydrogens (tertiary/aromatic N) is 2. The quantitative estimate of drug-likeness (QED) is 0.604. The van der Waals surface area contributed by atoms with E-state index < -0.39 is 0 Å². The Morgan fingerprint density at radius 2 is 1.59 bits per heavy atom. The lowest BCUT2D eigenvalue weighted by molar-refractivity contribution is 0.866. The van der Waals surface area contributed by atoms with Crippen LogP contribution in [-0.4, -0.2) is 19.3 Å². The van der Waals surface area contributed by atoms with Gasteiger partial charge < -0.3 is 10.6 Å². The molecule has 5 heteroatoms. The molecule has 2 N–H and O–H groups in total. The fourth-order valence-electron chi connectivity index (χ4n) is 2.17. The smallest absolute Gasteiger partial charge is 0.0693 e. The topological polar surface area (TPSA) is 41.6 Å². The Hall–Kier alpha value is -1.71. The molecule has 0 atom stereocenters. The molecule has 0 bridgehead atoms. The van der Waals surface area contributed by atoms with Gasteiger partial charge in [0.05, 0.1) is 21.4 Å². The zero-order valence-corrected chi connectivity index (χ0v) is 14.2. The molecule has 0 spiro atoms. The Morgan fingerprint density at radius 1 is 1.05 bits per heavy atom. The fourth-order valence-corrected chi connectivity index (χ4v) is 2.67. The summed E-state index contributed by atoms with van der Waals surface area (Å²) in [6.45, 7) is 6.26. The van der Waals surface area contributed by atoms with Crippen LogP contribution in [0.4, 0.5) is 17.1 Å². The van der Waals surface area contributed by atoms with Crippen LogP contribution < -0.4 is 10.6 Å². The molecule has 0 saturated carbocycles. The second-order valence-electron chi connectivity index (χ2n) is 4.85. The van der Waals surface area contributed by atoms with Gasteiger partial charge in [0.15, 0.2) is 0 Å². The van der Waals surface area contributed by atoms with E-state index in [1.54, 1.807) is 18.3 Å². The first-order valence-electron chi connectivity index (χ1n) is 7.18. The van der Waals surface area contributed by atoms with Crippen LogP contribution in [0, 0.1) is 0 Å². The summed E-state index contributed by atoms with van der Waals surface area (Å²) in [6, 6.07) is 11.6. The predicted molar refractivity (Wildman–Crippen MR) is 98.1 cm³/mol. The number of hydrogen-bond donors (Lipinski definition) is 1. The van der Waals surface area contributed by atoms with E-state index in [0.29, 0.717) is 15.7 Å². The highest BCUT2D eigenvalue weighted by Crippen LogP contribution is 2.28. The number of rotatable bonds is 5. The van der Waals surface area contributed by atoms with Crippen molar-refractivity contribution < 1.29 is 0 Å². The summed E-state index contributed by atoms with van der Waals surface area (Å²) >= 11 is 12.0. The average molecular weight is 336 g/mol. The van der Waals surface area contributed by atoms with E-state index in [9.17, 15) is 0 Å². The summed E-state index contributed by atoms with van der Waals surface area (Å²) in [5.41, 5.74) is 9.00. The molecule has 2 rings (SSSR count). The van der Waals surface area contributed by atoms with Gasteiger partial charge in [0, 0.05) is 25.0 Å². The van der Waals surface area contributed by atoms with E-state index in [4.69, 9.17) is 28.9 Å². The van der Waals surface area contributed by atoms with Crippen LogP contribution in [0.15, 0.2) is 41.4 Å². The van der Waals surface area contributed by atoms with Gasteiger partial charge in [-0.05, 0) is 55.8 Å².